The second-order valence-corrected chi connectivity index (χ2v) is 2.21. The van der Waals surface area contributed by atoms with E-state index < -0.39 is 5.97 Å². The van der Waals surface area contributed by atoms with Gasteiger partial charge in [0.15, 0.2) is 0 Å². The van der Waals surface area contributed by atoms with E-state index in [4.69, 9.17) is 5.11 Å². The summed E-state index contributed by atoms with van der Waals surface area (Å²) in [6.45, 7) is 4.04. The van der Waals surface area contributed by atoms with Crippen molar-refractivity contribution in [2.45, 2.75) is 26.7 Å². The summed E-state index contributed by atoms with van der Waals surface area (Å²) in [4.78, 5) is 10.1. The predicted octanol–water partition coefficient (Wildman–Crippen LogP) is 2.37. The molecule has 0 unspecified atom stereocenters. The first kappa shape index (κ1) is 9.95. The van der Waals surface area contributed by atoms with Crippen molar-refractivity contribution >= 4 is 5.97 Å². The van der Waals surface area contributed by atoms with Crippen LogP contribution in [0.15, 0.2) is 23.8 Å². The Balaban J connectivity index is 4.08. The fourth-order valence-corrected chi connectivity index (χ4v) is 0.771. The molecule has 2 nitrogen and oxygen atoms in total. The molecule has 11 heavy (non-hydrogen) atoms. The van der Waals surface area contributed by atoms with E-state index in [1.807, 2.05) is 19.9 Å². The van der Waals surface area contributed by atoms with E-state index in [0.29, 0.717) is 0 Å². The largest absolute Gasteiger partial charge is 0.478 e. The highest BCUT2D eigenvalue weighted by Gasteiger charge is 1.88. The normalized spacial score (nSPS) is 12.4. The molecule has 0 aliphatic heterocycles. The van der Waals surface area contributed by atoms with E-state index in [9.17, 15) is 4.79 Å². The zero-order valence-electron chi connectivity index (χ0n) is 7.00. The number of carboxylic acid groups (broad SMARTS) is 1. The number of rotatable bonds is 4. The Hall–Kier alpha value is -1.05. The van der Waals surface area contributed by atoms with Crippen LogP contribution in [0.4, 0.5) is 0 Å². The molecule has 0 saturated heterocycles. The SMILES string of the molecule is CCC=C(C=CC(=O)O)CC. The van der Waals surface area contributed by atoms with E-state index >= 15 is 0 Å². The minimum absolute atomic E-state index is 0.887. The Morgan fingerprint density at radius 1 is 1.36 bits per heavy atom. The average molecular weight is 154 g/mol. The smallest absolute Gasteiger partial charge is 0.328 e. The quantitative estimate of drug-likeness (QED) is 0.498. The van der Waals surface area contributed by atoms with Crippen LogP contribution < -0.4 is 0 Å². The summed E-state index contributed by atoms with van der Waals surface area (Å²) in [5.74, 6) is -0.888. The van der Waals surface area contributed by atoms with Gasteiger partial charge in [-0.1, -0.05) is 31.6 Å². The lowest BCUT2D eigenvalue weighted by atomic mass is 10.1. The van der Waals surface area contributed by atoms with Crippen molar-refractivity contribution in [2.24, 2.45) is 0 Å². The Morgan fingerprint density at radius 3 is 2.36 bits per heavy atom. The molecule has 0 aromatic rings. The van der Waals surface area contributed by atoms with Gasteiger partial charge >= 0.3 is 5.97 Å². The Labute approximate surface area is 67.2 Å². The summed E-state index contributed by atoms with van der Waals surface area (Å²) in [5.41, 5.74) is 1.08. The molecule has 0 aromatic carbocycles. The summed E-state index contributed by atoms with van der Waals surface area (Å²) >= 11 is 0. The topological polar surface area (TPSA) is 37.3 Å². The van der Waals surface area contributed by atoms with Gasteiger partial charge in [-0.05, 0) is 12.8 Å². The summed E-state index contributed by atoms with van der Waals surface area (Å²) in [6.07, 6.45) is 6.68. The van der Waals surface area contributed by atoms with Crippen molar-refractivity contribution in [3.63, 3.8) is 0 Å². The van der Waals surface area contributed by atoms with Gasteiger partial charge in [0.2, 0.25) is 0 Å². The maximum absolute atomic E-state index is 10.1. The van der Waals surface area contributed by atoms with Crippen LogP contribution in [0.3, 0.4) is 0 Å². The number of carbonyl (C=O) groups is 1. The molecule has 0 bridgehead atoms. The zero-order chi connectivity index (χ0) is 8.69. The maximum atomic E-state index is 10.1. The molecule has 0 rings (SSSR count). The molecular weight excluding hydrogens is 140 g/mol. The standard InChI is InChI=1S/C9H14O2/c1-3-5-8(4-2)6-7-9(10)11/h5-7H,3-4H2,1-2H3,(H,10,11). The lowest BCUT2D eigenvalue weighted by Crippen LogP contribution is -1.86. The molecule has 1 N–H and O–H groups in total. The lowest BCUT2D eigenvalue weighted by molar-refractivity contribution is -0.131. The number of aliphatic carboxylic acids is 1. The van der Waals surface area contributed by atoms with Crippen molar-refractivity contribution in [1.29, 1.82) is 0 Å². The molecular formula is C9H14O2. The molecule has 0 aromatic heterocycles. The molecule has 62 valence electrons. The maximum Gasteiger partial charge on any atom is 0.328 e. The molecule has 2 heteroatoms. The number of hydrogen-bond donors (Lipinski definition) is 1. The van der Waals surface area contributed by atoms with Crippen LogP contribution in [-0.2, 0) is 4.79 Å². The zero-order valence-corrected chi connectivity index (χ0v) is 7.00. The minimum Gasteiger partial charge on any atom is -0.478 e. The summed E-state index contributed by atoms with van der Waals surface area (Å²) in [5, 5.41) is 8.31. The number of carboxylic acids is 1. The third-order valence-corrected chi connectivity index (χ3v) is 1.31. The van der Waals surface area contributed by atoms with Gasteiger partial charge in [-0.25, -0.2) is 4.79 Å². The number of hydrogen-bond acceptors (Lipinski definition) is 1. The first-order chi connectivity index (χ1) is 5.20. The van der Waals surface area contributed by atoms with Crippen LogP contribution in [0.5, 0.6) is 0 Å². The fraction of sp³-hybridized carbons (Fsp3) is 0.444. The van der Waals surface area contributed by atoms with Crippen molar-refractivity contribution in [2.75, 3.05) is 0 Å². The van der Waals surface area contributed by atoms with Gasteiger partial charge < -0.3 is 5.11 Å². The third kappa shape index (κ3) is 5.40. The number of allylic oxidation sites excluding steroid dienone is 3. The minimum atomic E-state index is -0.888. The van der Waals surface area contributed by atoms with E-state index in [1.54, 1.807) is 6.08 Å². The molecule has 0 aliphatic carbocycles. The molecule has 0 aliphatic rings. The molecule has 0 saturated carbocycles. The molecule has 0 radical (unpaired) electrons. The molecule has 0 atom stereocenters. The second kappa shape index (κ2) is 5.71. The van der Waals surface area contributed by atoms with Crippen molar-refractivity contribution in [1.82, 2.24) is 0 Å². The van der Waals surface area contributed by atoms with Gasteiger partial charge in [0.1, 0.15) is 0 Å². The van der Waals surface area contributed by atoms with Crippen molar-refractivity contribution < 1.29 is 9.90 Å². The summed E-state index contributed by atoms with van der Waals surface area (Å²) < 4.78 is 0. The molecule has 0 spiro atoms. The van der Waals surface area contributed by atoms with E-state index in [0.717, 1.165) is 18.4 Å². The Bertz CT molecular complexity index is 178. The van der Waals surface area contributed by atoms with Gasteiger partial charge in [-0.2, -0.15) is 0 Å². The van der Waals surface area contributed by atoms with Crippen LogP contribution in [0, 0.1) is 0 Å². The average Bonchev–Trinajstić information content (AvgIpc) is 1.97. The van der Waals surface area contributed by atoms with Crippen LogP contribution in [0.25, 0.3) is 0 Å². The van der Waals surface area contributed by atoms with Gasteiger partial charge in [0.05, 0.1) is 0 Å². The van der Waals surface area contributed by atoms with Crippen molar-refractivity contribution in [3.05, 3.63) is 23.8 Å². The summed E-state index contributed by atoms with van der Waals surface area (Å²) in [6, 6.07) is 0. The van der Waals surface area contributed by atoms with E-state index in [-0.39, 0.29) is 0 Å². The molecule has 0 amide bonds. The second-order valence-electron chi connectivity index (χ2n) is 2.21. The first-order valence-corrected chi connectivity index (χ1v) is 3.80. The Kier molecular flexibility index (Phi) is 5.17. The van der Waals surface area contributed by atoms with Crippen LogP contribution in [0.1, 0.15) is 26.7 Å². The van der Waals surface area contributed by atoms with Gasteiger partial charge in [0.25, 0.3) is 0 Å². The molecule has 0 fully saturated rings. The highest BCUT2D eigenvalue weighted by molar-refractivity contribution is 5.80. The highest BCUT2D eigenvalue weighted by Crippen LogP contribution is 2.03. The van der Waals surface area contributed by atoms with Gasteiger partial charge in [-0.3, -0.25) is 0 Å². The fourth-order valence-electron chi connectivity index (χ4n) is 0.771. The predicted molar refractivity (Wildman–Crippen MR) is 45.4 cm³/mol. The van der Waals surface area contributed by atoms with Crippen LogP contribution in [-0.4, -0.2) is 11.1 Å². The van der Waals surface area contributed by atoms with Gasteiger partial charge in [0, 0.05) is 6.08 Å². The summed E-state index contributed by atoms with van der Waals surface area (Å²) in [7, 11) is 0. The highest BCUT2D eigenvalue weighted by atomic mass is 16.4. The molecule has 0 heterocycles. The first-order valence-electron chi connectivity index (χ1n) is 3.80. The van der Waals surface area contributed by atoms with Crippen LogP contribution >= 0.6 is 0 Å². The van der Waals surface area contributed by atoms with Crippen LogP contribution in [0.2, 0.25) is 0 Å². The van der Waals surface area contributed by atoms with E-state index in [2.05, 4.69) is 0 Å². The van der Waals surface area contributed by atoms with E-state index in [1.165, 1.54) is 6.08 Å². The third-order valence-electron chi connectivity index (χ3n) is 1.31. The van der Waals surface area contributed by atoms with Gasteiger partial charge in [-0.15, -0.1) is 0 Å². The lowest BCUT2D eigenvalue weighted by Gasteiger charge is -1.93. The monoisotopic (exact) mass is 154 g/mol. The Morgan fingerprint density at radius 2 is 2.00 bits per heavy atom. The van der Waals surface area contributed by atoms with Crippen molar-refractivity contribution in [3.8, 4) is 0 Å².